The van der Waals surface area contributed by atoms with Gasteiger partial charge in [-0.2, -0.15) is 16.3 Å². The predicted molar refractivity (Wildman–Crippen MR) is 82.1 cm³/mol. The summed E-state index contributed by atoms with van der Waals surface area (Å²) in [6.07, 6.45) is 0.967. The van der Waals surface area contributed by atoms with Crippen molar-refractivity contribution in [3.05, 3.63) is 22.7 Å². The fourth-order valence-electron chi connectivity index (χ4n) is 2.92. The molecule has 0 unspecified atom stereocenters. The average molecular weight is 307 g/mol. The van der Waals surface area contributed by atoms with Gasteiger partial charge in [-0.1, -0.05) is 5.16 Å². The Morgan fingerprint density at radius 2 is 2.19 bits per heavy atom. The van der Waals surface area contributed by atoms with Crippen molar-refractivity contribution >= 4 is 11.3 Å². The molecule has 6 heteroatoms. The molecule has 0 saturated carbocycles. The highest BCUT2D eigenvalue weighted by Crippen LogP contribution is 2.37. The minimum atomic E-state index is -0.191. The van der Waals surface area contributed by atoms with E-state index >= 15 is 0 Å². The molecule has 0 aromatic carbocycles. The number of ether oxygens (including phenoxy) is 1. The molecule has 114 valence electrons. The third-order valence-electron chi connectivity index (χ3n) is 3.82. The van der Waals surface area contributed by atoms with Gasteiger partial charge in [0, 0.05) is 11.4 Å². The van der Waals surface area contributed by atoms with E-state index in [1.54, 1.807) is 11.3 Å². The van der Waals surface area contributed by atoms with Crippen molar-refractivity contribution in [2.24, 2.45) is 0 Å². The first-order valence-electron chi connectivity index (χ1n) is 7.14. The van der Waals surface area contributed by atoms with E-state index in [1.807, 2.05) is 16.8 Å². The van der Waals surface area contributed by atoms with Crippen LogP contribution in [0.3, 0.4) is 0 Å². The van der Waals surface area contributed by atoms with Crippen molar-refractivity contribution in [2.75, 3.05) is 0 Å². The van der Waals surface area contributed by atoms with Gasteiger partial charge in [0.15, 0.2) is 5.82 Å². The molecular weight excluding hydrogens is 286 g/mol. The third-order valence-corrected chi connectivity index (χ3v) is 4.50. The van der Waals surface area contributed by atoms with E-state index in [9.17, 15) is 0 Å². The summed E-state index contributed by atoms with van der Waals surface area (Å²) in [5.74, 6) is 1.26. The normalized spacial score (nSPS) is 23.5. The second-order valence-electron chi connectivity index (χ2n) is 6.63. The molecule has 1 atom stereocenters. The number of rotatable bonds is 4. The Morgan fingerprint density at radius 1 is 1.38 bits per heavy atom. The first kappa shape index (κ1) is 14.7. The molecule has 1 saturated heterocycles. The number of hydrogen-bond donors (Lipinski definition) is 1. The van der Waals surface area contributed by atoms with Crippen LogP contribution in [0.1, 0.15) is 39.9 Å². The Labute approximate surface area is 128 Å². The summed E-state index contributed by atoms with van der Waals surface area (Å²) in [6.45, 7) is 9.07. The van der Waals surface area contributed by atoms with Gasteiger partial charge in [-0.05, 0) is 45.6 Å². The summed E-state index contributed by atoms with van der Waals surface area (Å²) in [4.78, 5) is 4.42. The molecule has 0 amide bonds. The lowest BCUT2D eigenvalue weighted by atomic mass is 9.94. The van der Waals surface area contributed by atoms with Crippen LogP contribution in [-0.4, -0.2) is 27.4 Å². The van der Waals surface area contributed by atoms with Crippen LogP contribution in [0.5, 0.6) is 0 Å². The molecule has 0 aliphatic carbocycles. The highest BCUT2D eigenvalue weighted by molar-refractivity contribution is 7.08. The van der Waals surface area contributed by atoms with Crippen molar-refractivity contribution < 1.29 is 9.26 Å². The Bertz CT molecular complexity index is 604. The van der Waals surface area contributed by atoms with E-state index in [4.69, 9.17) is 9.26 Å². The number of hydrogen-bond acceptors (Lipinski definition) is 6. The minimum absolute atomic E-state index is 0.0970. The molecule has 1 aliphatic heterocycles. The summed E-state index contributed by atoms with van der Waals surface area (Å²) in [5.41, 5.74) is 0.688. The summed E-state index contributed by atoms with van der Waals surface area (Å²) in [7, 11) is 0. The van der Waals surface area contributed by atoms with Crippen molar-refractivity contribution in [2.45, 2.75) is 57.9 Å². The van der Waals surface area contributed by atoms with E-state index in [1.165, 1.54) is 0 Å². The Balaban J connectivity index is 1.63. The molecule has 0 bridgehead atoms. The van der Waals surface area contributed by atoms with Crippen LogP contribution in [0.15, 0.2) is 21.3 Å². The number of nitrogens with one attached hydrogen (secondary N) is 1. The number of thiophene rings is 1. The third kappa shape index (κ3) is 3.17. The zero-order valence-corrected chi connectivity index (χ0v) is 13.7. The van der Waals surface area contributed by atoms with Crippen LogP contribution in [0.25, 0.3) is 11.5 Å². The van der Waals surface area contributed by atoms with E-state index in [2.05, 4.69) is 43.2 Å². The molecule has 2 aromatic heterocycles. The Morgan fingerprint density at radius 3 is 2.81 bits per heavy atom. The van der Waals surface area contributed by atoms with Gasteiger partial charge >= 0.3 is 0 Å². The van der Waals surface area contributed by atoms with Gasteiger partial charge < -0.3 is 14.6 Å². The van der Waals surface area contributed by atoms with Crippen LogP contribution >= 0.6 is 11.3 Å². The molecule has 2 aromatic rings. The molecule has 1 N–H and O–H groups in total. The van der Waals surface area contributed by atoms with Crippen LogP contribution in [0, 0.1) is 0 Å². The highest BCUT2D eigenvalue weighted by atomic mass is 32.1. The maximum atomic E-state index is 6.08. The first-order valence-corrected chi connectivity index (χ1v) is 8.09. The van der Waals surface area contributed by atoms with Gasteiger partial charge in [-0.15, -0.1) is 0 Å². The molecule has 1 aliphatic rings. The smallest absolute Gasteiger partial charge is 0.258 e. The van der Waals surface area contributed by atoms with Crippen LogP contribution < -0.4 is 5.32 Å². The van der Waals surface area contributed by atoms with Crippen molar-refractivity contribution in [1.82, 2.24) is 15.5 Å². The number of nitrogens with zero attached hydrogens (tertiary/aromatic N) is 2. The maximum Gasteiger partial charge on any atom is 0.258 e. The second kappa shape index (κ2) is 5.19. The molecule has 5 nitrogen and oxygen atoms in total. The molecule has 1 fully saturated rings. The standard InChI is InChI=1S/C15H21N3O2S/c1-14(2)7-11(15(3,4)20-14)16-8-12-17-13(19-18-12)10-5-6-21-9-10/h5-6,9,11,16H,7-8H2,1-4H3/t11-/m1/s1. The Hall–Kier alpha value is -1.24. The minimum Gasteiger partial charge on any atom is -0.368 e. The van der Waals surface area contributed by atoms with Gasteiger partial charge in [0.05, 0.1) is 23.3 Å². The SMILES string of the molecule is CC1(C)C[C@@H](NCc2noc(-c3ccsc3)n2)C(C)(C)O1. The molecular formula is C15H21N3O2S. The predicted octanol–water partition coefficient (Wildman–Crippen LogP) is 3.23. The van der Waals surface area contributed by atoms with Gasteiger partial charge in [0.25, 0.3) is 5.89 Å². The maximum absolute atomic E-state index is 6.08. The fraction of sp³-hybridized carbons (Fsp3) is 0.600. The largest absolute Gasteiger partial charge is 0.368 e. The lowest BCUT2D eigenvalue weighted by Crippen LogP contribution is -2.43. The summed E-state index contributed by atoms with van der Waals surface area (Å²) in [6, 6.07) is 2.25. The topological polar surface area (TPSA) is 60.2 Å². The summed E-state index contributed by atoms with van der Waals surface area (Å²) >= 11 is 1.62. The molecule has 3 rings (SSSR count). The van der Waals surface area contributed by atoms with E-state index in [0.717, 1.165) is 12.0 Å². The average Bonchev–Trinajstić information content (AvgIpc) is 3.05. The summed E-state index contributed by atoms with van der Waals surface area (Å²) < 4.78 is 11.4. The molecule has 0 radical (unpaired) electrons. The van der Waals surface area contributed by atoms with Gasteiger partial charge in [-0.3, -0.25) is 0 Å². The molecule has 3 heterocycles. The van der Waals surface area contributed by atoms with E-state index < -0.39 is 0 Å². The lowest BCUT2D eigenvalue weighted by Gasteiger charge is -2.27. The second-order valence-corrected chi connectivity index (χ2v) is 7.41. The highest BCUT2D eigenvalue weighted by Gasteiger charge is 2.45. The van der Waals surface area contributed by atoms with Crippen LogP contribution in [-0.2, 0) is 11.3 Å². The van der Waals surface area contributed by atoms with Crippen LogP contribution in [0.2, 0.25) is 0 Å². The van der Waals surface area contributed by atoms with Gasteiger partial charge in [-0.25, -0.2) is 0 Å². The van der Waals surface area contributed by atoms with Crippen molar-refractivity contribution in [3.8, 4) is 11.5 Å². The number of aromatic nitrogens is 2. The van der Waals surface area contributed by atoms with Crippen molar-refractivity contribution in [1.29, 1.82) is 0 Å². The quantitative estimate of drug-likeness (QED) is 0.939. The van der Waals surface area contributed by atoms with Crippen molar-refractivity contribution in [3.63, 3.8) is 0 Å². The van der Waals surface area contributed by atoms with E-state index in [0.29, 0.717) is 18.3 Å². The molecule has 21 heavy (non-hydrogen) atoms. The lowest BCUT2D eigenvalue weighted by molar-refractivity contribution is -0.0699. The van der Waals surface area contributed by atoms with Gasteiger partial charge in [0.1, 0.15) is 0 Å². The van der Waals surface area contributed by atoms with Crippen LogP contribution in [0.4, 0.5) is 0 Å². The monoisotopic (exact) mass is 307 g/mol. The Kier molecular flexibility index (Phi) is 3.63. The summed E-state index contributed by atoms with van der Waals surface area (Å²) in [5, 5.41) is 11.5. The zero-order chi connectivity index (χ0) is 15.1. The van der Waals surface area contributed by atoms with E-state index in [-0.39, 0.29) is 17.2 Å². The molecule has 0 spiro atoms. The van der Waals surface area contributed by atoms with Gasteiger partial charge in [0.2, 0.25) is 0 Å². The first-order chi connectivity index (χ1) is 9.86. The zero-order valence-electron chi connectivity index (χ0n) is 12.8. The fourth-order valence-corrected chi connectivity index (χ4v) is 3.55.